The number of carboxylic acids is 1. The molecule has 2 aliphatic rings. The Morgan fingerprint density at radius 1 is 1.45 bits per heavy atom. The summed E-state index contributed by atoms with van der Waals surface area (Å²) in [7, 11) is 0. The van der Waals surface area contributed by atoms with E-state index in [1.165, 1.54) is 40.2 Å². The number of amides is 2. The topological polar surface area (TPSA) is 187 Å². The van der Waals surface area contributed by atoms with Gasteiger partial charge in [0.15, 0.2) is 15.2 Å². The van der Waals surface area contributed by atoms with Crippen molar-refractivity contribution in [3.63, 3.8) is 0 Å². The Hall–Kier alpha value is -2.09. The van der Waals surface area contributed by atoms with Crippen molar-refractivity contribution in [2.45, 2.75) is 22.7 Å². The normalized spacial score (nSPS) is 20.1. The van der Waals surface area contributed by atoms with Gasteiger partial charge in [0.1, 0.15) is 22.1 Å². The molecule has 1 fully saturated rings. The number of rotatable bonds is 7. The van der Waals surface area contributed by atoms with Crippen LogP contribution in [0.25, 0.3) is 0 Å². The number of carbonyl (C=O) groups excluding carboxylic acids is 3. The molecule has 2 aliphatic heterocycles. The molecule has 12 nitrogen and oxygen atoms in total. The largest absolute Gasteiger partial charge is 1.00 e. The summed E-state index contributed by atoms with van der Waals surface area (Å²) < 4.78 is 0.693. The minimum absolute atomic E-state index is 0. The predicted molar refractivity (Wildman–Crippen MR) is 117 cm³/mol. The molecular weight excluding hydrogens is 505 g/mol. The summed E-state index contributed by atoms with van der Waals surface area (Å²) in [5.74, 6) is -2.25. The molecule has 4 N–H and O–H groups in total. The standard InChI is InChI=1S/C16H15N7O5S4.Li/c1-5-20-21-16(32-5)31-3-6-2-29-13-9(12(25)23(13)10(6)14(26)27)19-11(24)8(22-28)7-4-30-15(17)18-7;/h4,9,13,28H,2-3H2,1H3,(H2,17,18)(H,19,24)(H,26,27);/q;+1/p-1/b22-8-;/t9-,13-;/m1./s1. The van der Waals surface area contributed by atoms with Crippen LogP contribution in [0.4, 0.5) is 5.13 Å². The Morgan fingerprint density at radius 3 is 2.79 bits per heavy atom. The molecule has 0 radical (unpaired) electrons. The minimum atomic E-state index is -1.46. The second kappa shape index (κ2) is 10.4. The maximum absolute atomic E-state index is 12.7. The zero-order valence-electron chi connectivity index (χ0n) is 17.2. The third kappa shape index (κ3) is 5.05. The van der Waals surface area contributed by atoms with Crippen LogP contribution in [-0.2, 0) is 14.4 Å². The second-order valence-corrected chi connectivity index (χ2v) is 10.9. The molecule has 0 spiro atoms. The average molecular weight is 520 g/mol. The van der Waals surface area contributed by atoms with E-state index < -0.39 is 34.9 Å². The third-order valence-corrected chi connectivity index (χ3v) is 8.56. The number of nitrogens with two attached hydrogens (primary N) is 1. The van der Waals surface area contributed by atoms with Gasteiger partial charge < -0.3 is 26.2 Å². The van der Waals surface area contributed by atoms with Crippen LogP contribution in [0, 0.1) is 6.92 Å². The van der Waals surface area contributed by atoms with Gasteiger partial charge in [0.2, 0.25) is 0 Å². The van der Waals surface area contributed by atoms with Crippen LogP contribution < -0.4 is 35.0 Å². The molecule has 4 rings (SSSR count). The van der Waals surface area contributed by atoms with Gasteiger partial charge in [0.25, 0.3) is 11.8 Å². The van der Waals surface area contributed by atoms with Crippen molar-refractivity contribution in [3.8, 4) is 0 Å². The molecule has 17 heteroatoms. The second-order valence-electron chi connectivity index (χ2n) is 6.50. The van der Waals surface area contributed by atoms with Crippen LogP contribution >= 0.6 is 46.2 Å². The number of anilines is 1. The summed E-state index contributed by atoms with van der Waals surface area (Å²) >= 11 is 5.09. The molecule has 0 saturated carbocycles. The third-order valence-electron chi connectivity index (χ3n) is 4.48. The number of aromatic nitrogens is 3. The van der Waals surface area contributed by atoms with E-state index in [0.29, 0.717) is 21.4 Å². The van der Waals surface area contributed by atoms with Crippen molar-refractivity contribution in [2.75, 3.05) is 17.2 Å². The monoisotopic (exact) mass is 519 g/mol. The Balaban J connectivity index is 0.00000306. The van der Waals surface area contributed by atoms with Crippen LogP contribution in [-0.4, -0.2) is 71.7 Å². The zero-order valence-corrected chi connectivity index (χ0v) is 20.4. The number of thioether (sulfide) groups is 2. The number of hydrogen-bond acceptors (Lipinski definition) is 14. The van der Waals surface area contributed by atoms with Gasteiger partial charge in [-0.2, -0.15) is 0 Å². The first-order valence-electron chi connectivity index (χ1n) is 8.85. The maximum atomic E-state index is 12.7. The van der Waals surface area contributed by atoms with Gasteiger partial charge in [0.05, 0.1) is 11.7 Å². The number of aliphatic carboxylic acids is 1. The molecule has 0 aliphatic carbocycles. The zero-order chi connectivity index (χ0) is 23.0. The maximum Gasteiger partial charge on any atom is 1.00 e. The Kier molecular flexibility index (Phi) is 8.08. The van der Waals surface area contributed by atoms with E-state index in [9.17, 15) is 24.7 Å². The summed E-state index contributed by atoms with van der Waals surface area (Å²) in [4.78, 5) is 42.1. The van der Waals surface area contributed by atoms with Crippen LogP contribution in [0.1, 0.15) is 10.7 Å². The van der Waals surface area contributed by atoms with E-state index in [1.54, 1.807) is 0 Å². The minimum Gasteiger partial charge on any atom is -0.543 e. The van der Waals surface area contributed by atoms with Gasteiger partial charge >= 0.3 is 18.9 Å². The molecule has 2 amide bonds. The number of aryl methyl sites for hydroxylation is 1. The first kappa shape index (κ1) is 25.5. The molecule has 1 saturated heterocycles. The Labute approximate surface area is 215 Å². The predicted octanol–water partition coefficient (Wildman–Crippen LogP) is -3.74. The summed E-state index contributed by atoms with van der Waals surface area (Å²) in [6.45, 7) is 1.82. The number of β-lactam (4-membered cyclic amide) rings is 1. The van der Waals surface area contributed by atoms with Gasteiger partial charge in [-0.05, 0) is 12.5 Å². The number of thiazole rings is 1. The molecule has 0 unspecified atom stereocenters. The number of nitrogens with zero attached hydrogens (tertiary/aromatic N) is 5. The first-order chi connectivity index (χ1) is 15.3. The summed E-state index contributed by atoms with van der Waals surface area (Å²) in [6.07, 6.45) is 0. The van der Waals surface area contributed by atoms with Crippen molar-refractivity contribution in [2.24, 2.45) is 5.16 Å². The Morgan fingerprint density at radius 2 is 2.21 bits per heavy atom. The number of hydrogen-bond donors (Lipinski definition) is 3. The van der Waals surface area contributed by atoms with Gasteiger partial charge in [-0.25, -0.2) is 4.98 Å². The van der Waals surface area contributed by atoms with Crippen LogP contribution in [0.2, 0.25) is 0 Å². The number of nitrogen functional groups attached to an aromatic ring is 1. The van der Waals surface area contributed by atoms with Crippen molar-refractivity contribution in [1.29, 1.82) is 0 Å². The first-order valence-corrected chi connectivity index (χ1v) is 12.6. The number of carboxylic acid groups (broad SMARTS) is 1. The number of carbonyl (C=O) groups is 3. The van der Waals surface area contributed by atoms with Crippen LogP contribution in [0.5, 0.6) is 0 Å². The quantitative estimate of drug-likeness (QED) is 0.0815. The number of oxime groups is 1. The van der Waals surface area contributed by atoms with Crippen molar-refractivity contribution in [1.82, 2.24) is 25.4 Å². The molecule has 4 heterocycles. The average Bonchev–Trinajstić information content (AvgIpc) is 3.38. The van der Waals surface area contributed by atoms with Gasteiger partial charge in [-0.3, -0.25) is 14.5 Å². The molecule has 0 bridgehead atoms. The van der Waals surface area contributed by atoms with Crippen molar-refractivity contribution in [3.05, 3.63) is 27.4 Å². The summed E-state index contributed by atoms with van der Waals surface area (Å²) in [5.41, 5.74) is 5.54. The van der Waals surface area contributed by atoms with Gasteiger partial charge in [-0.15, -0.1) is 33.3 Å². The molecule has 2 aromatic heterocycles. The summed E-state index contributed by atoms with van der Waals surface area (Å²) in [6, 6.07) is -0.991. The number of fused-ring (bicyclic) bond motifs is 1. The molecule has 0 aromatic carbocycles. The number of nitrogens with one attached hydrogen (secondary N) is 1. The fraction of sp³-hybridized carbons (Fsp3) is 0.312. The molecule has 168 valence electrons. The smallest absolute Gasteiger partial charge is 0.543 e. The van der Waals surface area contributed by atoms with Crippen LogP contribution in [0.15, 0.2) is 26.1 Å². The van der Waals surface area contributed by atoms with Crippen molar-refractivity contribution < 1.29 is 43.6 Å². The molecule has 2 atom stereocenters. The summed E-state index contributed by atoms with van der Waals surface area (Å²) in [5, 5.41) is 36.2. The molecular formula is C16H14LiN7O5S4. The van der Waals surface area contributed by atoms with E-state index in [0.717, 1.165) is 21.2 Å². The van der Waals surface area contributed by atoms with E-state index in [-0.39, 0.29) is 35.4 Å². The fourth-order valence-corrected chi connectivity index (χ4v) is 6.94. The van der Waals surface area contributed by atoms with Gasteiger partial charge in [0, 0.05) is 16.9 Å². The fourth-order valence-electron chi connectivity index (χ4n) is 3.09. The Bertz CT molecular complexity index is 1170. The van der Waals surface area contributed by atoms with Crippen molar-refractivity contribution >= 4 is 74.8 Å². The molecule has 2 aromatic rings. The van der Waals surface area contributed by atoms with E-state index in [2.05, 4.69) is 25.7 Å². The SMILES string of the molecule is Cc1nnc(SCC2=C(C(=O)[O-])N3C(=O)[C@@H](NC(=O)/C(=N\O)c4csc(N)n4)[C@H]3SC2)s1.[Li+]. The van der Waals surface area contributed by atoms with Gasteiger partial charge in [-0.1, -0.05) is 28.3 Å². The van der Waals surface area contributed by atoms with E-state index in [1.807, 2.05) is 6.92 Å². The van der Waals surface area contributed by atoms with E-state index >= 15 is 0 Å². The van der Waals surface area contributed by atoms with Crippen LogP contribution in [0.3, 0.4) is 0 Å². The van der Waals surface area contributed by atoms with E-state index in [4.69, 9.17) is 5.73 Å². The molecule has 33 heavy (non-hydrogen) atoms.